The number of amides is 1. The number of hydrogen-bond acceptors (Lipinski definition) is 1. The Balaban J connectivity index is 1.91. The van der Waals surface area contributed by atoms with Gasteiger partial charge in [-0.1, -0.05) is 6.07 Å². The Morgan fingerprint density at radius 1 is 1.25 bits per heavy atom. The zero-order chi connectivity index (χ0) is 14.3. The number of aromatic nitrogens is 1. The van der Waals surface area contributed by atoms with E-state index in [0.717, 1.165) is 22.2 Å². The van der Waals surface area contributed by atoms with Crippen LogP contribution in [0.2, 0.25) is 0 Å². The van der Waals surface area contributed by atoms with E-state index >= 15 is 0 Å². The molecule has 20 heavy (non-hydrogen) atoms. The summed E-state index contributed by atoms with van der Waals surface area (Å²) in [6.07, 6.45) is 0. The Labute approximate surface area is 132 Å². The van der Waals surface area contributed by atoms with Crippen molar-refractivity contribution in [1.29, 1.82) is 0 Å². The quantitative estimate of drug-likeness (QED) is 0.694. The Morgan fingerprint density at radius 3 is 2.80 bits per heavy atom. The van der Waals surface area contributed by atoms with Crippen LogP contribution in [0.4, 0.5) is 0 Å². The Kier molecular flexibility index (Phi) is 3.58. The third-order valence-electron chi connectivity index (χ3n) is 4.03. The lowest BCUT2D eigenvalue weighted by Gasteiger charge is -2.35. The minimum absolute atomic E-state index is 0.126. The minimum Gasteiger partial charge on any atom is -0.345 e. The normalized spacial score (nSPS) is 17.9. The highest BCUT2D eigenvalue weighted by Crippen LogP contribution is 2.28. The lowest BCUT2D eigenvalue weighted by atomic mass is 10.1. The van der Waals surface area contributed by atoms with Gasteiger partial charge in [0.05, 0.1) is 6.04 Å². The van der Waals surface area contributed by atoms with E-state index in [9.17, 15) is 4.79 Å². The monoisotopic (exact) mass is 380 g/mol. The molecule has 2 heterocycles. The van der Waals surface area contributed by atoms with Crippen molar-refractivity contribution in [3.05, 3.63) is 56.9 Å². The zero-order valence-electron chi connectivity index (χ0n) is 11.6. The summed E-state index contributed by atoms with van der Waals surface area (Å²) in [5, 5.41) is 0. The third-order valence-corrected chi connectivity index (χ3v) is 4.70. The summed E-state index contributed by atoms with van der Waals surface area (Å²) in [7, 11) is 0. The summed E-state index contributed by atoms with van der Waals surface area (Å²) in [4.78, 5) is 14.7. The molecular formula is C16H17IN2O. The van der Waals surface area contributed by atoms with Gasteiger partial charge in [-0.3, -0.25) is 4.79 Å². The maximum absolute atomic E-state index is 12.7. The van der Waals surface area contributed by atoms with Crippen LogP contribution in [0, 0.1) is 10.5 Å². The third kappa shape index (κ3) is 2.26. The molecule has 0 saturated heterocycles. The Hall–Kier alpha value is -1.30. The fourth-order valence-electron chi connectivity index (χ4n) is 2.89. The lowest BCUT2D eigenvalue weighted by molar-refractivity contribution is 0.0643. The molecule has 0 bridgehead atoms. The van der Waals surface area contributed by atoms with Crippen LogP contribution in [0.25, 0.3) is 0 Å². The van der Waals surface area contributed by atoms with Crippen LogP contribution in [0.1, 0.15) is 34.7 Å². The van der Waals surface area contributed by atoms with Crippen LogP contribution in [-0.4, -0.2) is 21.9 Å². The van der Waals surface area contributed by atoms with E-state index in [0.29, 0.717) is 0 Å². The van der Waals surface area contributed by atoms with Gasteiger partial charge in [0.1, 0.15) is 0 Å². The average molecular weight is 380 g/mol. The van der Waals surface area contributed by atoms with Crippen molar-refractivity contribution in [2.24, 2.45) is 0 Å². The second-order valence-corrected chi connectivity index (χ2v) is 6.48. The fourth-order valence-corrected chi connectivity index (χ4v) is 3.43. The first kappa shape index (κ1) is 13.7. The molecule has 0 N–H and O–H groups in total. The molecule has 1 aromatic heterocycles. The number of carbonyl (C=O) groups excluding carboxylic acids is 1. The standard InChI is InChI=1S/C16H17IN2O/c1-11-6-7-15-12(2)19(9-8-18(11)15)16(20)13-4-3-5-14(17)10-13/h3-7,10,12H,8-9H2,1-2H3. The molecule has 1 unspecified atom stereocenters. The summed E-state index contributed by atoms with van der Waals surface area (Å²) in [6, 6.07) is 12.2. The topological polar surface area (TPSA) is 25.2 Å². The maximum atomic E-state index is 12.7. The molecule has 2 aromatic rings. The SMILES string of the molecule is Cc1ccc2n1CCN(C(=O)c1cccc(I)c1)C2C. The molecule has 3 rings (SSSR count). The highest BCUT2D eigenvalue weighted by atomic mass is 127. The Bertz CT molecular complexity index is 662. The maximum Gasteiger partial charge on any atom is 0.254 e. The van der Waals surface area contributed by atoms with Gasteiger partial charge >= 0.3 is 0 Å². The summed E-state index contributed by atoms with van der Waals surface area (Å²) < 4.78 is 3.40. The summed E-state index contributed by atoms with van der Waals surface area (Å²) >= 11 is 2.24. The number of halogens is 1. The molecule has 4 heteroatoms. The highest BCUT2D eigenvalue weighted by molar-refractivity contribution is 14.1. The number of carbonyl (C=O) groups is 1. The molecule has 1 aromatic carbocycles. The zero-order valence-corrected chi connectivity index (χ0v) is 13.8. The molecule has 0 spiro atoms. The van der Waals surface area contributed by atoms with Gasteiger partial charge in [0.25, 0.3) is 5.91 Å². The minimum atomic E-state index is 0.126. The summed E-state index contributed by atoms with van der Waals surface area (Å²) in [5.41, 5.74) is 3.28. The lowest BCUT2D eigenvalue weighted by Crippen LogP contribution is -2.41. The number of fused-ring (bicyclic) bond motifs is 1. The van der Waals surface area contributed by atoms with Crippen LogP contribution < -0.4 is 0 Å². The largest absolute Gasteiger partial charge is 0.345 e. The van der Waals surface area contributed by atoms with Crippen LogP contribution in [0.15, 0.2) is 36.4 Å². The molecule has 1 amide bonds. The number of benzene rings is 1. The second kappa shape index (κ2) is 5.24. The van der Waals surface area contributed by atoms with Crippen LogP contribution >= 0.6 is 22.6 Å². The number of aryl methyl sites for hydroxylation is 1. The number of rotatable bonds is 1. The molecular weight excluding hydrogens is 363 g/mol. The van der Waals surface area contributed by atoms with E-state index in [1.807, 2.05) is 29.2 Å². The summed E-state index contributed by atoms with van der Waals surface area (Å²) in [6.45, 7) is 5.88. The van der Waals surface area contributed by atoms with Crippen LogP contribution in [0.5, 0.6) is 0 Å². The second-order valence-electron chi connectivity index (χ2n) is 5.24. The van der Waals surface area contributed by atoms with Crippen LogP contribution in [0.3, 0.4) is 0 Å². The predicted octanol–water partition coefficient (Wildman–Crippen LogP) is 3.62. The smallest absolute Gasteiger partial charge is 0.254 e. The van der Waals surface area contributed by atoms with E-state index in [1.54, 1.807) is 0 Å². The first-order chi connectivity index (χ1) is 9.58. The van der Waals surface area contributed by atoms with Crippen LogP contribution in [-0.2, 0) is 6.54 Å². The fraction of sp³-hybridized carbons (Fsp3) is 0.312. The first-order valence-corrected chi connectivity index (χ1v) is 7.88. The van der Waals surface area contributed by atoms with Gasteiger partial charge in [-0.15, -0.1) is 0 Å². The van der Waals surface area contributed by atoms with Gasteiger partial charge in [0, 0.05) is 33.6 Å². The highest BCUT2D eigenvalue weighted by Gasteiger charge is 2.28. The van der Waals surface area contributed by atoms with Gasteiger partial charge in [-0.05, 0) is 66.8 Å². The van der Waals surface area contributed by atoms with Gasteiger partial charge in [0.15, 0.2) is 0 Å². The molecule has 0 aliphatic carbocycles. The van der Waals surface area contributed by atoms with Crippen molar-refractivity contribution >= 4 is 28.5 Å². The van der Waals surface area contributed by atoms with Crippen molar-refractivity contribution in [2.75, 3.05) is 6.54 Å². The molecule has 1 aliphatic rings. The van der Waals surface area contributed by atoms with Crippen molar-refractivity contribution in [1.82, 2.24) is 9.47 Å². The van der Waals surface area contributed by atoms with E-state index in [-0.39, 0.29) is 11.9 Å². The van der Waals surface area contributed by atoms with Crippen molar-refractivity contribution in [3.8, 4) is 0 Å². The van der Waals surface area contributed by atoms with E-state index in [1.165, 1.54) is 11.4 Å². The van der Waals surface area contributed by atoms with E-state index in [2.05, 4.69) is 53.1 Å². The Morgan fingerprint density at radius 2 is 2.05 bits per heavy atom. The molecule has 104 valence electrons. The molecule has 0 saturated carbocycles. The van der Waals surface area contributed by atoms with E-state index in [4.69, 9.17) is 0 Å². The van der Waals surface area contributed by atoms with Gasteiger partial charge in [-0.25, -0.2) is 0 Å². The molecule has 1 aliphatic heterocycles. The first-order valence-electron chi connectivity index (χ1n) is 6.80. The van der Waals surface area contributed by atoms with Gasteiger partial charge < -0.3 is 9.47 Å². The molecule has 0 radical (unpaired) electrons. The average Bonchev–Trinajstić information content (AvgIpc) is 2.81. The summed E-state index contributed by atoms with van der Waals surface area (Å²) in [5.74, 6) is 0.126. The van der Waals surface area contributed by atoms with E-state index < -0.39 is 0 Å². The molecule has 3 nitrogen and oxygen atoms in total. The van der Waals surface area contributed by atoms with Crippen molar-refractivity contribution in [3.63, 3.8) is 0 Å². The number of nitrogens with zero attached hydrogens (tertiary/aromatic N) is 2. The predicted molar refractivity (Wildman–Crippen MR) is 87.8 cm³/mol. The van der Waals surface area contributed by atoms with Crippen molar-refractivity contribution in [2.45, 2.75) is 26.4 Å². The van der Waals surface area contributed by atoms with Crippen molar-refractivity contribution < 1.29 is 4.79 Å². The van der Waals surface area contributed by atoms with Gasteiger partial charge in [0.2, 0.25) is 0 Å². The molecule has 0 fully saturated rings. The number of hydrogen-bond donors (Lipinski definition) is 0. The van der Waals surface area contributed by atoms with Gasteiger partial charge in [-0.2, -0.15) is 0 Å². The molecule has 1 atom stereocenters.